The molecule has 1 aromatic heterocycles. The number of carbonyl (C=O) groups is 3. The van der Waals surface area contributed by atoms with Gasteiger partial charge < -0.3 is 14.2 Å². The van der Waals surface area contributed by atoms with E-state index in [2.05, 4.69) is 0 Å². The monoisotopic (exact) mass is 545 g/mol. The van der Waals surface area contributed by atoms with E-state index in [1.807, 2.05) is 49.4 Å². The first-order valence-electron chi connectivity index (χ1n) is 11.9. The summed E-state index contributed by atoms with van der Waals surface area (Å²) in [5.41, 5.74) is 0.641. The van der Waals surface area contributed by atoms with Crippen LogP contribution in [-0.4, -0.2) is 41.8 Å². The summed E-state index contributed by atoms with van der Waals surface area (Å²) in [7, 11) is 0. The number of imide groups is 1. The molecule has 192 valence electrons. The number of thioether (sulfide) groups is 1. The Kier molecular flexibility index (Phi) is 7.76. The molecule has 1 fully saturated rings. The van der Waals surface area contributed by atoms with Crippen LogP contribution in [0.5, 0.6) is 17.2 Å². The minimum absolute atomic E-state index is 0.132. The lowest BCUT2D eigenvalue weighted by molar-refractivity contribution is -0.123. The Morgan fingerprint density at radius 3 is 2.58 bits per heavy atom. The van der Waals surface area contributed by atoms with Crippen LogP contribution in [-0.2, 0) is 4.79 Å². The van der Waals surface area contributed by atoms with Gasteiger partial charge >= 0.3 is 5.97 Å². The van der Waals surface area contributed by atoms with Gasteiger partial charge in [0.15, 0.2) is 11.5 Å². The SMILES string of the molecule is CCOc1cc(/C=C2\SC(=O)N(CCOc3cccc4ccccc34)C2=O)ccc1OC(=O)c1cccs1. The number of hydrogen-bond acceptors (Lipinski definition) is 8. The van der Waals surface area contributed by atoms with E-state index in [1.54, 1.807) is 41.8 Å². The third kappa shape index (κ3) is 5.58. The summed E-state index contributed by atoms with van der Waals surface area (Å²) in [6, 6.07) is 22.1. The van der Waals surface area contributed by atoms with Crippen LogP contribution in [0.4, 0.5) is 4.79 Å². The van der Waals surface area contributed by atoms with Gasteiger partial charge in [-0.3, -0.25) is 14.5 Å². The molecule has 0 aliphatic carbocycles. The molecule has 0 N–H and O–H groups in total. The summed E-state index contributed by atoms with van der Waals surface area (Å²) >= 11 is 2.16. The maximum atomic E-state index is 13.0. The van der Waals surface area contributed by atoms with Crippen LogP contribution in [0.2, 0.25) is 0 Å². The van der Waals surface area contributed by atoms with Gasteiger partial charge in [0.05, 0.1) is 18.1 Å². The van der Waals surface area contributed by atoms with Crippen molar-refractivity contribution in [2.24, 2.45) is 0 Å². The molecular formula is C29H23NO6S2. The molecule has 0 saturated carbocycles. The van der Waals surface area contributed by atoms with Crippen LogP contribution in [0.1, 0.15) is 22.2 Å². The Morgan fingerprint density at radius 2 is 1.76 bits per heavy atom. The molecule has 5 rings (SSSR count). The topological polar surface area (TPSA) is 82.1 Å². The summed E-state index contributed by atoms with van der Waals surface area (Å²) in [5, 5.41) is 3.47. The van der Waals surface area contributed by atoms with Gasteiger partial charge in [-0.05, 0) is 65.4 Å². The van der Waals surface area contributed by atoms with Crippen LogP contribution < -0.4 is 14.2 Å². The van der Waals surface area contributed by atoms with E-state index in [4.69, 9.17) is 14.2 Å². The molecule has 0 spiro atoms. The number of ether oxygens (including phenoxy) is 3. The van der Waals surface area contributed by atoms with E-state index in [9.17, 15) is 14.4 Å². The number of benzene rings is 3. The number of nitrogens with zero attached hydrogens (tertiary/aromatic N) is 1. The van der Waals surface area contributed by atoms with E-state index in [-0.39, 0.29) is 30.0 Å². The number of thiophene rings is 1. The lowest BCUT2D eigenvalue weighted by Gasteiger charge is -2.14. The lowest BCUT2D eigenvalue weighted by atomic mass is 10.1. The standard InChI is InChI=1S/C29H23NO6S2/c1-2-34-24-17-19(12-13-23(24)36-28(32)25-11-6-16-37-25)18-26-27(31)30(29(33)38-26)14-15-35-22-10-5-8-20-7-3-4-9-21(20)22/h3-13,16-18H,2,14-15H2,1H3/b26-18-. The second-order valence-corrected chi connectivity index (χ2v) is 10.1. The Hall–Kier alpha value is -4.08. The van der Waals surface area contributed by atoms with Crippen molar-refractivity contribution in [1.82, 2.24) is 4.90 Å². The van der Waals surface area contributed by atoms with Crippen molar-refractivity contribution in [3.8, 4) is 17.2 Å². The molecule has 2 heterocycles. The van der Waals surface area contributed by atoms with Crippen molar-refractivity contribution < 1.29 is 28.6 Å². The Morgan fingerprint density at radius 1 is 0.921 bits per heavy atom. The van der Waals surface area contributed by atoms with Crippen molar-refractivity contribution >= 4 is 57.1 Å². The Balaban J connectivity index is 1.26. The van der Waals surface area contributed by atoms with E-state index in [1.165, 1.54) is 16.2 Å². The Labute approximate surface area is 227 Å². The van der Waals surface area contributed by atoms with Gasteiger partial charge in [-0.15, -0.1) is 11.3 Å². The van der Waals surface area contributed by atoms with Crippen molar-refractivity contribution in [2.75, 3.05) is 19.8 Å². The highest BCUT2D eigenvalue weighted by Crippen LogP contribution is 2.35. The number of amides is 2. The molecule has 3 aromatic carbocycles. The minimum atomic E-state index is -0.472. The first kappa shape index (κ1) is 25.6. The largest absolute Gasteiger partial charge is 0.491 e. The van der Waals surface area contributed by atoms with Gasteiger partial charge in [0, 0.05) is 5.39 Å². The highest BCUT2D eigenvalue weighted by atomic mass is 32.2. The highest BCUT2D eigenvalue weighted by molar-refractivity contribution is 8.18. The van der Waals surface area contributed by atoms with Crippen molar-refractivity contribution in [3.05, 3.63) is 93.5 Å². The molecular weight excluding hydrogens is 522 g/mol. The van der Waals surface area contributed by atoms with Gasteiger partial charge in [0.2, 0.25) is 0 Å². The zero-order valence-electron chi connectivity index (χ0n) is 20.4. The van der Waals surface area contributed by atoms with Gasteiger partial charge in [-0.25, -0.2) is 4.79 Å². The van der Waals surface area contributed by atoms with Crippen LogP contribution in [0, 0.1) is 0 Å². The second-order valence-electron chi connectivity index (χ2n) is 8.17. The predicted octanol–water partition coefficient (Wildman–Crippen LogP) is 6.63. The van der Waals surface area contributed by atoms with E-state index >= 15 is 0 Å². The fraction of sp³-hybridized carbons (Fsp3) is 0.138. The highest BCUT2D eigenvalue weighted by Gasteiger charge is 2.35. The third-order valence-electron chi connectivity index (χ3n) is 5.69. The quantitative estimate of drug-likeness (QED) is 0.133. The first-order valence-corrected chi connectivity index (χ1v) is 13.6. The molecule has 4 aromatic rings. The van der Waals surface area contributed by atoms with E-state index in [0.29, 0.717) is 33.5 Å². The smallest absolute Gasteiger partial charge is 0.353 e. The van der Waals surface area contributed by atoms with Crippen LogP contribution in [0.15, 0.2) is 83.1 Å². The predicted molar refractivity (Wildman–Crippen MR) is 149 cm³/mol. The average Bonchev–Trinajstić information content (AvgIpc) is 3.55. The van der Waals surface area contributed by atoms with Crippen molar-refractivity contribution in [2.45, 2.75) is 6.92 Å². The molecule has 0 unspecified atom stereocenters. The summed E-state index contributed by atoms with van der Waals surface area (Å²) in [4.78, 5) is 39.9. The number of carbonyl (C=O) groups excluding carboxylic acids is 3. The average molecular weight is 546 g/mol. The van der Waals surface area contributed by atoms with E-state index in [0.717, 1.165) is 22.5 Å². The first-order chi connectivity index (χ1) is 18.5. The van der Waals surface area contributed by atoms with Crippen LogP contribution >= 0.6 is 23.1 Å². The third-order valence-corrected chi connectivity index (χ3v) is 7.44. The molecule has 1 aliphatic heterocycles. The second kappa shape index (κ2) is 11.5. The molecule has 0 bridgehead atoms. The molecule has 0 radical (unpaired) electrons. The van der Waals surface area contributed by atoms with Gasteiger partial charge in [-0.1, -0.05) is 48.5 Å². The van der Waals surface area contributed by atoms with Gasteiger partial charge in [0.1, 0.15) is 17.2 Å². The molecule has 1 aliphatic rings. The molecule has 2 amide bonds. The number of esters is 1. The molecule has 38 heavy (non-hydrogen) atoms. The number of rotatable bonds is 9. The summed E-state index contributed by atoms with van der Waals surface area (Å²) in [5.74, 6) is 0.497. The minimum Gasteiger partial charge on any atom is -0.491 e. The van der Waals surface area contributed by atoms with Crippen LogP contribution in [0.25, 0.3) is 16.8 Å². The summed E-state index contributed by atoms with van der Waals surface area (Å²) in [6.45, 7) is 2.49. The molecule has 9 heteroatoms. The van der Waals surface area contributed by atoms with Gasteiger partial charge in [-0.2, -0.15) is 0 Å². The zero-order chi connectivity index (χ0) is 26.5. The Bertz CT molecular complexity index is 1520. The number of hydrogen-bond donors (Lipinski definition) is 0. The normalized spacial score (nSPS) is 14.3. The summed E-state index contributed by atoms with van der Waals surface area (Å²) < 4.78 is 17.1. The van der Waals surface area contributed by atoms with E-state index < -0.39 is 5.97 Å². The molecule has 0 atom stereocenters. The maximum Gasteiger partial charge on any atom is 0.353 e. The maximum absolute atomic E-state index is 13.0. The summed E-state index contributed by atoms with van der Waals surface area (Å²) in [6.07, 6.45) is 1.63. The van der Waals surface area contributed by atoms with Crippen molar-refractivity contribution in [1.29, 1.82) is 0 Å². The lowest BCUT2D eigenvalue weighted by Crippen LogP contribution is -2.32. The van der Waals surface area contributed by atoms with Crippen molar-refractivity contribution in [3.63, 3.8) is 0 Å². The zero-order valence-corrected chi connectivity index (χ0v) is 22.1. The van der Waals surface area contributed by atoms with Crippen LogP contribution in [0.3, 0.4) is 0 Å². The fourth-order valence-corrected chi connectivity index (χ4v) is 5.39. The molecule has 7 nitrogen and oxygen atoms in total. The molecule has 1 saturated heterocycles. The fourth-order valence-electron chi connectivity index (χ4n) is 3.92. The number of fused-ring (bicyclic) bond motifs is 1. The van der Waals surface area contributed by atoms with Gasteiger partial charge in [0.25, 0.3) is 11.1 Å².